The molecule has 0 unspecified atom stereocenters. The lowest BCUT2D eigenvalue weighted by atomic mass is 10.1. The smallest absolute Gasteiger partial charge is 0.276 e. The standard InChI is InChI=1S/C15H14N4O2/c1-10-4-5-11(3-2-8-16)13(9-10)17-15(21)12-6-7-14(20)19-18-12/h4-7,9H,8,16H2,1H3,(H,17,21)(H,19,20). The Balaban J connectivity index is 2.29. The van der Waals surface area contributed by atoms with E-state index in [0.29, 0.717) is 11.3 Å². The third-order valence-corrected chi connectivity index (χ3v) is 2.66. The summed E-state index contributed by atoms with van der Waals surface area (Å²) in [6.07, 6.45) is 0. The second-order valence-corrected chi connectivity index (χ2v) is 4.32. The first-order chi connectivity index (χ1) is 10.1. The van der Waals surface area contributed by atoms with Crippen LogP contribution >= 0.6 is 0 Å². The molecule has 1 aromatic heterocycles. The highest BCUT2D eigenvalue weighted by Gasteiger charge is 2.10. The maximum absolute atomic E-state index is 12.1. The molecule has 1 aromatic carbocycles. The van der Waals surface area contributed by atoms with Crippen molar-refractivity contribution in [2.45, 2.75) is 6.92 Å². The predicted octanol–water partition coefficient (Wildman–Crippen LogP) is 0.641. The minimum atomic E-state index is -0.423. The Kier molecular flexibility index (Phi) is 4.49. The molecule has 6 nitrogen and oxygen atoms in total. The molecule has 21 heavy (non-hydrogen) atoms. The Morgan fingerprint density at radius 3 is 2.86 bits per heavy atom. The highest BCUT2D eigenvalue weighted by Crippen LogP contribution is 2.17. The van der Waals surface area contributed by atoms with Gasteiger partial charge in [-0.1, -0.05) is 17.9 Å². The number of aryl methyl sites for hydroxylation is 1. The number of rotatable bonds is 2. The fourth-order valence-corrected chi connectivity index (χ4v) is 1.67. The van der Waals surface area contributed by atoms with Crippen LogP contribution in [0.5, 0.6) is 0 Å². The van der Waals surface area contributed by atoms with Gasteiger partial charge in [0.25, 0.3) is 11.5 Å². The number of carbonyl (C=O) groups is 1. The van der Waals surface area contributed by atoms with Crippen molar-refractivity contribution in [1.82, 2.24) is 10.2 Å². The molecule has 1 amide bonds. The summed E-state index contributed by atoms with van der Waals surface area (Å²) in [4.78, 5) is 23.0. The summed E-state index contributed by atoms with van der Waals surface area (Å²) in [7, 11) is 0. The number of hydrogen-bond donors (Lipinski definition) is 3. The molecule has 0 radical (unpaired) electrons. The Bertz CT molecular complexity index is 764. The minimum Gasteiger partial charge on any atom is -0.320 e. The monoisotopic (exact) mass is 282 g/mol. The molecular formula is C15H14N4O2. The summed E-state index contributed by atoms with van der Waals surface area (Å²) in [5.74, 6) is 5.22. The van der Waals surface area contributed by atoms with Crippen molar-refractivity contribution >= 4 is 11.6 Å². The second-order valence-electron chi connectivity index (χ2n) is 4.32. The van der Waals surface area contributed by atoms with Gasteiger partial charge in [0.15, 0.2) is 0 Å². The van der Waals surface area contributed by atoms with Gasteiger partial charge in [-0.15, -0.1) is 0 Å². The van der Waals surface area contributed by atoms with Crippen molar-refractivity contribution in [3.8, 4) is 11.8 Å². The number of amides is 1. The Morgan fingerprint density at radius 2 is 2.19 bits per heavy atom. The molecule has 0 aliphatic heterocycles. The Labute approximate surface area is 121 Å². The summed E-state index contributed by atoms with van der Waals surface area (Å²) in [6, 6.07) is 8.12. The largest absolute Gasteiger partial charge is 0.320 e. The molecule has 0 aliphatic carbocycles. The van der Waals surface area contributed by atoms with E-state index in [0.717, 1.165) is 5.56 Å². The number of nitrogens with two attached hydrogens (primary N) is 1. The third kappa shape index (κ3) is 3.78. The summed E-state index contributed by atoms with van der Waals surface area (Å²) in [5, 5.41) is 8.63. The molecule has 0 saturated carbocycles. The highest BCUT2D eigenvalue weighted by atomic mass is 16.2. The summed E-state index contributed by atoms with van der Waals surface area (Å²) >= 11 is 0. The maximum atomic E-state index is 12.1. The van der Waals surface area contributed by atoms with E-state index in [4.69, 9.17) is 5.73 Å². The van der Waals surface area contributed by atoms with Gasteiger partial charge in [-0.3, -0.25) is 9.59 Å². The molecule has 0 fully saturated rings. The maximum Gasteiger partial charge on any atom is 0.276 e. The zero-order valence-corrected chi connectivity index (χ0v) is 11.4. The molecule has 106 valence electrons. The molecule has 4 N–H and O–H groups in total. The van der Waals surface area contributed by atoms with Crippen molar-refractivity contribution in [3.05, 3.63) is 57.5 Å². The Hall–Kier alpha value is -2.91. The molecule has 1 heterocycles. The van der Waals surface area contributed by atoms with Crippen molar-refractivity contribution in [2.75, 3.05) is 11.9 Å². The fourth-order valence-electron chi connectivity index (χ4n) is 1.67. The van der Waals surface area contributed by atoms with Gasteiger partial charge in [0, 0.05) is 11.6 Å². The van der Waals surface area contributed by atoms with Crippen LogP contribution in [0.2, 0.25) is 0 Å². The van der Waals surface area contributed by atoms with Crippen LogP contribution in [0.4, 0.5) is 5.69 Å². The van der Waals surface area contributed by atoms with Crippen LogP contribution in [-0.2, 0) is 0 Å². The topological polar surface area (TPSA) is 101 Å². The van der Waals surface area contributed by atoms with Crippen molar-refractivity contribution in [1.29, 1.82) is 0 Å². The van der Waals surface area contributed by atoms with E-state index < -0.39 is 5.91 Å². The molecule has 2 aromatic rings. The van der Waals surface area contributed by atoms with Crippen LogP contribution in [0.3, 0.4) is 0 Å². The summed E-state index contributed by atoms with van der Waals surface area (Å²) < 4.78 is 0. The van der Waals surface area contributed by atoms with Gasteiger partial charge in [-0.2, -0.15) is 5.10 Å². The molecule has 0 saturated heterocycles. The number of H-pyrrole nitrogens is 1. The summed E-state index contributed by atoms with van der Waals surface area (Å²) in [5.41, 5.74) is 7.35. The first-order valence-electron chi connectivity index (χ1n) is 6.27. The van der Waals surface area contributed by atoms with E-state index in [2.05, 4.69) is 27.4 Å². The first-order valence-corrected chi connectivity index (χ1v) is 6.27. The zero-order valence-electron chi connectivity index (χ0n) is 11.4. The van der Waals surface area contributed by atoms with Crippen LogP contribution in [0, 0.1) is 18.8 Å². The number of nitrogens with one attached hydrogen (secondary N) is 2. The van der Waals surface area contributed by atoms with Crippen LogP contribution in [0.1, 0.15) is 21.6 Å². The van der Waals surface area contributed by atoms with E-state index in [1.165, 1.54) is 12.1 Å². The van der Waals surface area contributed by atoms with E-state index >= 15 is 0 Å². The predicted molar refractivity (Wildman–Crippen MR) is 79.9 cm³/mol. The third-order valence-electron chi connectivity index (χ3n) is 2.66. The molecule has 0 aliphatic rings. The van der Waals surface area contributed by atoms with Crippen LogP contribution < -0.4 is 16.6 Å². The molecule has 6 heteroatoms. The number of anilines is 1. The van der Waals surface area contributed by atoms with Gasteiger partial charge in [0.2, 0.25) is 0 Å². The van der Waals surface area contributed by atoms with Gasteiger partial charge in [0.05, 0.1) is 12.2 Å². The molecule has 0 bridgehead atoms. The number of aromatic amines is 1. The number of hydrogen-bond acceptors (Lipinski definition) is 4. The average molecular weight is 282 g/mol. The zero-order chi connectivity index (χ0) is 15.2. The van der Waals surface area contributed by atoms with Gasteiger partial charge in [0.1, 0.15) is 5.69 Å². The molecule has 0 spiro atoms. The highest BCUT2D eigenvalue weighted by molar-refractivity contribution is 6.03. The average Bonchev–Trinajstić information content (AvgIpc) is 2.47. The fraction of sp³-hybridized carbons (Fsp3) is 0.133. The van der Waals surface area contributed by atoms with Crippen LogP contribution in [-0.4, -0.2) is 22.6 Å². The van der Waals surface area contributed by atoms with Gasteiger partial charge in [-0.05, 0) is 30.7 Å². The number of aromatic nitrogens is 2. The second kappa shape index (κ2) is 6.50. The van der Waals surface area contributed by atoms with E-state index in [1.54, 1.807) is 0 Å². The lowest BCUT2D eigenvalue weighted by Crippen LogP contribution is -2.18. The number of nitrogens with zero attached hydrogens (tertiary/aromatic N) is 1. The molecule has 0 atom stereocenters. The molecule has 2 rings (SSSR count). The van der Waals surface area contributed by atoms with Crippen LogP contribution in [0.25, 0.3) is 0 Å². The van der Waals surface area contributed by atoms with Gasteiger partial charge >= 0.3 is 0 Å². The summed E-state index contributed by atoms with van der Waals surface area (Å²) in [6.45, 7) is 2.15. The molecular weight excluding hydrogens is 268 g/mol. The minimum absolute atomic E-state index is 0.119. The van der Waals surface area contributed by atoms with E-state index in [9.17, 15) is 9.59 Å². The van der Waals surface area contributed by atoms with Crippen LogP contribution in [0.15, 0.2) is 35.1 Å². The SMILES string of the molecule is Cc1ccc(C#CCN)c(NC(=O)c2ccc(=O)[nH]n2)c1. The number of carbonyl (C=O) groups excluding carboxylic acids is 1. The van der Waals surface area contributed by atoms with Gasteiger partial charge < -0.3 is 11.1 Å². The van der Waals surface area contributed by atoms with Gasteiger partial charge in [-0.25, -0.2) is 5.10 Å². The quantitative estimate of drug-likeness (QED) is 0.704. The Morgan fingerprint density at radius 1 is 1.38 bits per heavy atom. The van der Waals surface area contributed by atoms with E-state index in [-0.39, 0.29) is 17.8 Å². The normalized spacial score (nSPS) is 9.62. The van der Waals surface area contributed by atoms with Crippen molar-refractivity contribution < 1.29 is 4.79 Å². The lowest BCUT2D eigenvalue weighted by Gasteiger charge is -2.08. The lowest BCUT2D eigenvalue weighted by molar-refractivity contribution is 0.102. The van der Waals surface area contributed by atoms with Crippen molar-refractivity contribution in [3.63, 3.8) is 0 Å². The number of benzene rings is 1. The van der Waals surface area contributed by atoms with Crippen molar-refractivity contribution in [2.24, 2.45) is 5.73 Å². The first kappa shape index (κ1) is 14.5. The van der Waals surface area contributed by atoms with E-state index in [1.807, 2.05) is 25.1 Å².